The minimum atomic E-state index is -0.889. The summed E-state index contributed by atoms with van der Waals surface area (Å²) >= 11 is 0. The summed E-state index contributed by atoms with van der Waals surface area (Å²) in [4.78, 5) is 13.7. The van der Waals surface area contributed by atoms with Crippen molar-refractivity contribution >= 4 is 22.4 Å². The van der Waals surface area contributed by atoms with Gasteiger partial charge in [0, 0.05) is 41.9 Å². The number of ketones is 1. The van der Waals surface area contributed by atoms with Crippen molar-refractivity contribution in [3.63, 3.8) is 0 Å². The quantitative estimate of drug-likeness (QED) is 0.248. The molecule has 0 bridgehead atoms. The Morgan fingerprint density at radius 2 is 1.84 bits per heavy atom. The number of hydrogen-bond donors (Lipinski definition) is 1. The summed E-state index contributed by atoms with van der Waals surface area (Å²) in [6.07, 6.45) is 1.53. The third-order valence-electron chi connectivity index (χ3n) is 7.04. The molecule has 6 heteroatoms. The summed E-state index contributed by atoms with van der Waals surface area (Å²) in [6, 6.07) is 20.5. The van der Waals surface area contributed by atoms with Crippen LogP contribution in [0.3, 0.4) is 0 Å². The summed E-state index contributed by atoms with van der Waals surface area (Å²) in [5.74, 6) is -1.65. The van der Waals surface area contributed by atoms with E-state index in [1.807, 2.05) is 30.3 Å². The lowest BCUT2D eigenvalue weighted by atomic mass is 9.96. The number of fused-ring (bicyclic) bond motifs is 1. The number of carbonyl (C=O) groups excluding carboxylic acids is 1. The molecule has 0 amide bonds. The smallest absolute Gasteiger partial charge is 0.165 e. The maximum absolute atomic E-state index is 13.7. The molecule has 5 rings (SSSR count). The van der Waals surface area contributed by atoms with Crippen LogP contribution in [-0.4, -0.2) is 29.6 Å². The van der Waals surface area contributed by atoms with E-state index in [0.717, 1.165) is 52.5 Å². The van der Waals surface area contributed by atoms with E-state index in [1.165, 1.54) is 6.07 Å². The summed E-state index contributed by atoms with van der Waals surface area (Å²) in [5, 5.41) is 4.50. The van der Waals surface area contributed by atoms with Gasteiger partial charge in [-0.25, -0.2) is 8.78 Å². The lowest BCUT2D eigenvalue weighted by Crippen LogP contribution is -2.18. The van der Waals surface area contributed by atoms with Gasteiger partial charge in [0.15, 0.2) is 17.4 Å². The second-order valence-electron chi connectivity index (χ2n) is 10.1. The Balaban J connectivity index is 1.55. The van der Waals surface area contributed by atoms with E-state index in [4.69, 9.17) is 4.74 Å². The summed E-state index contributed by atoms with van der Waals surface area (Å²) in [6.45, 7) is 6.32. The number of nitrogens with zero attached hydrogens (tertiary/aromatic N) is 1. The number of halogens is 2. The van der Waals surface area contributed by atoms with Crippen LogP contribution in [0.2, 0.25) is 0 Å². The zero-order valence-electron chi connectivity index (χ0n) is 21.3. The van der Waals surface area contributed by atoms with Crippen molar-refractivity contribution in [1.82, 2.24) is 4.57 Å². The van der Waals surface area contributed by atoms with Crippen molar-refractivity contribution in [2.24, 2.45) is 0 Å². The Morgan fingerprint density at radius 3 is 2.54 bits per heavy atom. The van der Waals surface area contributed by atoms with Crippen LogP contribution >= 0.6 is 0 Å². The van der Waals surface area contributed by atoms with Gasteiger partial charge < -0.3 is 14.6 Å². The van der Waals surface area contributed by atoms with E-state index < -0.39 is 11.6 Å². The summed E-state index contributed by atoms with van der Waals surface area (Å²) < 4.78 is 34.9. The van der Waals surface area contributed by atoms with Crippen LogP contribution in [0.15, 0.2) is 66.7 Å². The topological polar surface area (TPSA) is 43.3 Å². The van der Waals surface area contributed by atoms with Crippen LogP contribution in [-0.2, 0) is 17.7 Å². The lowest BCUT2D eigenvalue weighted by molar-refractivity contribution is 0.0983. The predicted octanol–water partition coefficient (Wildman–Crippen LogP) is 7.11. The molecule has 1 N–H and O–H groups in total. The molecule has 1 unspecified atom stereocenters. The van der Waals surface area contributed by atoms with E-state index in [2.05, 4.69) is 41.9 Å². The Morgan fingerprint density at radius 1 is 1.03 bits per heavy atom. The Kier molecular flexibility index (Phi) is 7.38. The van der Waals surface area contributed by atoms with Crippen LogP contribution in [0.25, 0.3) is 10.9 Å². The van der Waals surface area contributed by atoms with Gasteiger partial charge in [-0.05, 0) is 54.2 Å². The summed E-state index contributed by atoms with van der Waals surface area (Å²) in [5.41, 5.74) is 5.49. The first-order valence-electron chi connectivity index (χ1n) is 12.9. The number of aryl methyl sites for hydroxylation is 1. The minimum absolute atomic E-state index is 0.00940. The van der Waals surface area contributed by atoms with Crippen molar-refractivity contribution < 1.29 is 18.3 Å². The van der Waals surface area contributed by atoms with Crippen LogP contribution in [0.1, 0.15) is 59.8 Å². The maximum Gasteiger partial charge on any atom is 0.165 e. The third-order valence-corrected chi connectivity index (χ3v) is 7.04. The molecule has 1 fully saturated rings. The molecule has 2 heterocycles. The van der Waals surface area contributed by atoms with Crippen LogP contribution < -0.4 is 5.32 Å². The van der Waals surface area contributed by atoms with Gasteiger partial charge >= 0.3 is 0 Å². The zero-order chi connectivity index (χ0) is 25.9. The average Bonchev–Trinajstić information content (AvgIpc) is 3.51. The van der Waals surface area contributed by atoms with Crippen molar-refractivity contribution in [3.05, 3.63) is 101 Å². The number of ether oxygens (including phenoxy) is 1. The lowest BCUT2D eigenvalue weighted by Gasteiger charge is -2.16. The van der Waals surface area contributed by atoms with Crippen molar-refractivity contribution in [3.8, 4) is 0 Å². The highest BCUT2D eigenvalue weighted by Crippen LogP contribution is 2.35. The first-order chi connectivity index (χ1) is 17.9. The predicted molar refractivity (Wildman–Crippen MR) is 143 cm³/mol. The molecule has 4 aromatic rings. The molecule has 0 aliphatic carbocycles. The molecule has 37 heavy (non-hydrogen) atoms. The van der Waals surface area contributed by atoms with Gasteiger partial charge in [0.25, 0.3) is 0 Å². The van der Waals surface area contributed by atoms with Crippen molar-refractivity contribution in [1.29, 1.82) is 0 Å². The normalized spacial score (nSPS) is 15.5. The number of aromatic nitrogens is 1. The average molecular weight is 503 g/mol. The maximum atomic E-state index is 13.7. The molecule has 0 spiro atoms. The van der Waals surface area contributed by atoms with Crippen molar-refractivity contribution in [2.75, 3.05) is 18.5 Å². The fraction of sp³-hybridized carbons (Fsp3) is 0.323. The molecule has 1 aliphatic heterocycles. The molecule has 1 saturated heterocycles. The van der Waals surface area contributed by atoms with Gasteiger partial charge in [-0.15, -0.1) is 0 Å². The fourth-order valence-corrected chi connectivity index (χ4v) is 5.25. The number of nitrogens with one attached hydrogen (secondary N) is 1. The monoisotopic (exact) mass is 502 g/mol. The first-order valence-corrected chi connectivity index (χ1v) is 12.9. The van der Waals surface area contributed by atoms with E-state index in [0.29, 0.717) is 25.1 Å². The molecular weight excluding hydrogens is 470 g/mol. The molecule has 0 saturated carbocycles. The highest BCUT2D eigenvalue weighted by atomic mass is 19.2. The molecule has 3 aromatic carbocycles. The van der Waals surface area contributed by atoms with E-state index in [1.54, 1.807) is 6.07 Å². The zero-order valence-corrected chi connectivity index (χ0v) is 21.3. The molecule has 192 valence electrons. The Bertz CT molecular complexity index is 1410. The van der Waals surface area contributed by atoms with Crippen LogP contribution in [0.4, 0.5) is 14.5 Å². The third kappa shape index (κ3) is 5.44. The standard InChI is InChI=1S/C31H32F2N2O2/c1-20(2)31-30(29(36)13-9-21-8-12-26(32)27(33)16-21)25-11-10-23(34-24-14-15-37-19-24)17-28(25)35(31)18-22-6-4-3-5-7-22/h3-8,10-12,16-17,20,24,34H,9,13-15,18-19H2,1-2H3. The van der Waals surface area contributed by atoms with Gasteiger partial charge in [0.2, 0.25) is 0 Å². The van der Waals surface area contributed by atoms with Gasteiger partial charge in [-0.1, -0.05) is 56.3 Å². The van der Waals surface area contributed by atoms with Gasteiger partial charge in [0.1, 0.15) is 0 Å². The molecule has 0 radical (unpaired) electrons. The number of carbonyl (C=O) groups is 1. The first kappa shape index (κ1) is 25.2. The molecular formula is C31H32F2N2O2. The highest BCUT2D eigenvalue weighted by molar-refractivity contribution is 6.10. The fourth-order valence-electron chi connectivity index (χ4n) is 5.25. The minimum Gasteiger partial charge on any atom is -0.380 e. The number of hydrogen-bond acceptors (Lipinski definition) is 3. The SMILES string of the molecule is CC(C)c1c(C(=O)CCc2ccc(F)c(F)c2)c2ccc(NC3CCOC3)cc2n1Cc1ccccc1. The second-order valence-corrected chi connectivity index (χ2v) is 10.1. The molecule has 1 atom stereocenters. The molecule has 1 aliphatic rings. The Hall–Kier alpha value is -3.51. The van der Waals surface area contributed by atoms with E-state index in [-0.39, 0.29) is 24.2 Å². The largest absolute Gasteiger partial charge is 0.380 e. The van der Waals surface area contributed by atoms with Crippen molar-refractivity contribution in [2.45, 2.75) is 51.6 Å². The number of anilines is 1. The number of benzene rings is 3. The molecule has 1 aromatic heterocycles. The summed E-state index contributed by atoms with van der Waals surface area (Å²) in [7, 11) is 0. The van der Waals surface area contributed by atoms with Crippen LogP contribution in [0.5, 0.6) is 0 Å². The van der Waals surface area contributed by atoms with Gasteiger partial charge in [-0.2, -0.15) is 0 Å². The van der Waals surface area contributed by atoms with Gasteiger partial charge in [-0.3, -0.25) is 4.79 Å². The molecule has 4 nitrogen and oxygen atoms in total. The van der Waals surface area contributed by atoms with E-state index >= 15 is 0 Å². The van der Waals surface area contributed by atoms with Gasteiger partial charge in [0.05, 0.1) is 18.2 Å². The van der Waals surface area contributed by atoms with E-state index in [9.17, 15) is 13.6 Å². The Labute approximate surface area is 216 Å². The number of rotatable bonds is 9. The van der Waals surface area contributed by atoms with Crippen LogP contribution in [0, 0.1) is 11.6 Å². The second kappa shape index (κ2) is 10.9. The number of Topliss-reactive ketones (excluding diaryl/α,β-unsaturated/α-hetero) is 1. The highest BCUT2D eigenvalue weighted by Gasteiger charge is 2.25.